The highest BCUT2D eigenvalue weighted by atomic mass is 19.1. The van der Waals surface area contributed by atoms with Gasteiger partial charge in [0, 0.05) is 18.0 Å². The summed E-state index contributed by atoms with van der Waals surface area (Å²) in [7, 11) is 0. The van der Waals surface area contributed by atoms with Crippen LogP contribution >= 0.6 is 0 Å². The van der Waals surface area contributed by atoms with Gasteiger partial charge in [0.1, 0.15) is 18.2 Å². The van der Waals surface area contributed by atoms with E-state index in [4.69, 9.17) is 9.26 Å². The number of aromatic nitrogens is 5. The third kappa shape index (κ3) is 3.79. The molecule has 3 aromatic heterocycles. The predicted molar refractivity (Wildman–Crippen MR) is 101 cm³/mol. The number of ether oxygens (including phenoxy) is 1. The SMILES string of the molecule is CCOC(=O)Cn1ncc(-c2nc(-c3cc(F)ccc3F)no2)c1-c1ccncc1. The van der Waals surface area contributed by atoms with Crippen LogP contribution in [0, 0.1) is 11.6 Å². The quantitative estimate of drug-likeness (QED) is 0.448. The number of nitrogens with zero attached hydrogens (tertiary/aromatic N) is 5. The van der Waals surface area contributed by atoms with E-state index >= 15 is 0 Å². The number of esters is 1. The van der Waals surface area contributed by atoms with E-state index in [1.54, 1.807) is 31.5 Å². The Morgan fingerprint density at radius 2 is 1.97 bits per heavy atom. The smallest absolute Gasteiger partial charge is 0.327 e. The molecule has 0 saturated heterocycles. The fourth-order valence-electron chi connectivity index (χ4n) is 2.92. The van der Waals surface area contributed by atoms with Crippen LogP contribution in [0.15, 0.2) is 53.4 Å². The Bertz CT molecular complexity index is 1190. The van der Waals surface area contributed by atoms with Gasteiger partial charge in [0.15, 0.2) is 0 Å². The zero-order chi connectivity index (χ0) is 21.1. The lowest BCUT2D eigenvalue weighted by molar-refractivity contribution is -0.144. The number of carbonyl (C=O) groups is 1. The summed E-state index contributed by atoms with van der Waals surface area (Å²) < 4.78 is 39.3. The minimum atomic E-state index is -0.684. The molecular formula is C20H15F2N5O3. The lowest BCUT2D eigenvalue weighted by Gasteiger charge is -2.08. The second kappa shape index (κ2) is 8.19. The van der Waals surface area contributed by atoms with Gasteiger partial charge in [-0.15, -0.1) is 0 Å². The van der Waals surface area contributed by atoms with Gasteiger partial charge in [0.05, 0.1) is 29.6 Å². The van der Waals surface area contributed by atoms with Gasteiger partial charge in [-0.1, -0.05) is 5.16 Å². The number of halogens is 2. The molecule has 0 bridgehead atoms. The molecule has 0 unspecified atom stereocenters. The molecule has 0 aliphatic rings. The molecule has 10 heteroatoms. The zero-order valence-corrected chi connectivity index (χ0v) is 15.7. The summed E-state index contributed by atoms with van der Waals surface area (Å²) in [6, 6.07) is 6.43. The van der Waals surface area contributed by atoms with Gasteiger partial charge in [-0.05, 0) is 37.3 Å². The van der Waals surface area contributed by atoms with Gasteiger partial charge >= 0.3 is 5.97 Å². The Morgan fingerprint density at radius 3 is 2.73 bits per heavy atom. The first-order valence-electron chi connectivity index (χ1n) is 8.98. The van der Waals surface area contributed by atoms with Gasteiger partial charge in [-0.3, -0.25) is 14.5 Å². The maximum Gasteiger partial charge on any atom is 0.327 e. The zero-order valence-electron chi connectivity index (χ0n) is 15.7. The van der Waals surface area contributed by atoms with E-state index in [0.717, 1.165) is 18.2 Å². The molecular weight excluding hydrogens is 396 g/mol. The van der Waals surface area contributed by atoms with Crippen molar-refractivity contribution in [3.05, 3.63) is 60.6 Å². The van der Waals surface area contributed by atoms with Gasteiger partial charge in [0.25, 0.3) is 5.89 Å². The topological polar surface area (TPSA) is 95.9 Å². The maximum atomic E-state index is 14.1. The van der Waals surface area contributed by atoms with Crippen molar-refractivity contribution in [3.63, 3.8) is 0 Å². The molecule has 0 aliphatic carbocycles. The van der Waals surface area contributed by atoms with Crippen molar-refractivity contribution >= 4 is 5.97 Å². The lowest BCUT2D eigenvalue weighted by Crippen LogP contribution is -2.15. The second-order valence-corrected chi connectivity index (χ2v) is 6.15. The monoisotopic (exact) mass is 411 g/mol. The van der Waals surface area contributed by atoms with Gasteiger partial charge in [0.2, 0.25) is 5.82 Å². The van der Waals surface area contributed by atoms with Gasteiger partial charge in [-0.25, -0.2) is 8.78 Å². The molecule has 0 spiro atoms. The molecule has 30 heavy (non-hydrogen) atoms. The highest BCUT2D eigenvalue weighted by Gasteiger charge is 2.22. The largest absolute Gasteiger partial charge is 0.465 e. The van der Waals surface area contributed by atoms with Crippen LogP contribution in [0.4, 0.5) is 8.78 Å². The Kier molecular flexibility index (Phi) is 5.29. The molecule has 0 saturated carbocycles. The van der Waals surface area contributed by atoms with Gasteiger partial charge < -0.3 is 9.26 Å². The number of hydrogen-bond donors (Lipinski definition) is 0. The Labute approximate surface area is 169 Å². The van der Waals surface area contributed by atoms with E-state index in [-0.39, 0.29) is 30.4 Å². The van der Waals surface area contributed by atoms with Crippen molar-refractivity contribution in [2.45, 2.75) is 13.5 Å². The summed E-state index contributed by atoms with van der Waals surface area (Å²) in [5.74, 6) is -1.85. The highest BCUT2D eigenvalue weighted by Crippen LogP contribution is 2.32. The number of carbonyl (C=O) groups excluding carboxylic acids is 1. The van der Waals surface area contributed by atoms with Crippen LogP contribution < -0.4 is 0 Å². The average molecular weight is 411 g/mol. The first-order chi connectivity index (χ1) is 14.6. The summed E-state index contributed by atoms with van der Waals surface area (Å²) in [5, 5.41) is 8.00. The molecule has 8 nitrogen and oxygen atoms in total. The Morgan fingerprint density at radius 1 is 1.17 bits per heavy atom. The molecule has 0 radical (unpaired) electrons. The van der Waals surface area contributed by atoms with E-state index in [0.29, 0.717) is 16.8 Å². The van der Waals surface area contributed by atoms with Crippen molar-refractivity contribution in [1.29, 1.82) is 0 Å². The third-order valence-electron chi connectivity index (χ3n) is 4.20. The molecule has 0 N–H and O–H groups in total. The Balaban J connectivity index is 1.78. The molecule has 3 heterocycles. The van der Waals surface area contributed by atoms with E-state index in [2.05, 4.69) is 20.2 Å². The van der Waals surface area contributed by atoms with Crippen LogP contribution in [-0.2, 0) is 16.1 Å². The molecule has 4 rings (SSSR count). The van der Waals surface area contributed by atoms with Crippen molar-refractivity contribution in [2.75, 3.05) is 6.61 Å². The number of hydrogen-bond acceptors (Lipinski definition) is 7. The first-order valence-corrected chi connectivity index (χ1v) is 8.98. The summed E-state index contributed by atoms with van der Waals surface area (Å²) in [6.07, 6.45) is 4.62. The summed E-state index contributed by atoms with van der Waals surface area (Å²) in [4.78, 5) is 20.2. The first kappa shape index (κ1) is 19.4. The van der Waals surface area contributed by atoms with Crippen molar-refractivity contribution < 1.29 is 22.8 Å². The molecule has 0 aliphatic heterocycles. The molecule has 0 amide bonds. The second-order valence-electron chi connectivity index (χ2n) is 6.15. The standard InChI is InChI=1S/C20H15F2N5O3/c1-2-29-17(28)11-27-18(12-5-7-23-8-6-12)15(10-24-27)20-25-19(26-30-20)14-9-13(21)3-4-16(14)22/h3-10H,2,11H2,1H3. The summed E-state index contributed by atoms with van der Waals surface area (Å²) in [5.41, 5.74) is 1.49. The molecule has 0 fully saturated rings. The van der Waals surface area contributed by atoms with Crippen molar-refractivity contribution in [1.82, 2.24) is 24.9 Å². The normalized spacial score (nSPS) is 10.9. The molecule has 152 valence electrons. The van der Waals surface area contributed by atoms with Crippen LogP contribution in [0.25, 0.3) is 34.1 Å². The number of pyridine rings is 1. The maximum absolute atomic E-state index is 14.1. The summed E-state index contributed by atoms with van der Waals surface area (Å²) >= 11 is 0. The molecule has 1 aromatic carbocycles. The van der Waals surface area contributed by atoms with Gasteiger partial charge in [-0.2, -0.15) is 10.1 Å². The van der Waals surface area contributed by atoms with E-state index in [1.807, 2.05) is 0 Å². The predicted octanol–water partition coefficient (Wildman–Crippen LogP) is 3.50. The number of rotatable bonds is 6. The molecule has 4 aromatic rings. The molecule has 0 atom stereocenters. The van der Waals surface area contributed by atoms with Crippen molar-refractivity contribution in [3.8, 4) is 34.1 Å². The van der Waals surface area contributed by atoms with Crippen LogP contribution in [0.3, 0.4) is 0 Å². The minimum absolute atomic E-state index is 0.0376. The van der Waals surface area contributed by atoms with E-state index in [9.17, 15) is 13.6 Å². The number of benzene rings is 1. The van der Waals surface area contributed by atoms with Crippen LogP contribution in [0.5, 0.6) is 0 Å². The fourth-order valence-corrected chi connectivity index (χ4v) is 2.92. The highest BCUT2D eigenvalue weighted by molar-refractivity contribution is 5.79. The third-order valence-corrected chi connectivity index (χ3v) is 4.20. The van der Waals surface area contributed by atoms with E-state index < -0.39 is 17.6 Å². The fraction of sp³-hybridized carbons (Fsp3) is 0.150. The summed E-state index contributed by atoms with van der Waals surface area (Å²) in [6.45, 7) is 1.82. The van der Waals surface area contributed by atoms with E-state index in [1.165, 1.54) is 10.9 Å². The van der Waals surface area contributed by atoms with Crippen LogP contribution in [-0.4, -0.2) is 37.5 Å². The average Bonchev–Trinajstić information content (AvgIpc) is 3.38. The minimum Gasteiger partial charge on any atom is -0.465 e. The van der Waals surface area contributed by atoms with Crippen LogP contribution in [0.2, 0.25) is 0 Å². The Hall–Kier alpha value is -3.95. The van der Waals surface area contributed by atoms with Crippen molar-refractivity contribution in [2.24, 2.45) is 0 Å². The van der Waals surface area contributed by atoms with Crippen LogP contribution in [0.1, 0.15) is 6.92 Å². The lowest BCUT2D eigenvalue weighted by atomic mass is 10.1.